The summed E-state index contributed by atoms with van der Waals surface area (Å²) in [6.07, 6.45) is 0. The summed E-state index contributed by atoms with van der Waals surface area (Å²) in [5.74, 6) is 0. The normalized spacial score (nSPS) is 11.1. The van der Waals surface area contributed by atoms with Gasteiger partial charge in [0.2, 0.25) is 0 Å². The van der Waals surface area contributed by atoms with E-state index in [9.17, 15) is 10.1 Å². The fourth-order valence-electron chi connectivity index (χ4n) is 1.26. The second kappa shape index (κ2) is 5.51. The maximum absolute atomic E-state index is 10.6. The second-order valence-corrected chi connectivity index (χ2v) is 6.06. The summed E-state index contributed by atoms with van der Waals surface area (Å²) in [6.45, 7) is 4.79. The van der Waals surface area contributed by atoms with Gasteiger partial charge in [0.25, 0.3) is 0 Å². The van der Waals surface area contributed by atoms with Gasteiger partial charge in [-0.2, -0.15) is 0 Å². The molecule has 0 aliphatic carbocycles. The molecule has 1 N–H and O–H groups in total. The van der Waals surface area contributed by atoms with E-state index in [1.165, 1.54) is 17.4 Å². The molecule has 2 aromatic heterocycles. The van der Waals surface area contributed by atoms with Crippen LogP contribution in [0, 0.1) is 10.1 Å². The van der Waals surface area contributed by atoms with E-state index in [1.807, 2.05) is 0 Å². The fraction of sp³-hybridized carbons (Fsp3) is 0.400. The zero-order valence-corrected chi connectivity index (χ0v) is 11.5. The van der Waals surface area contributed by atoms with Crippen LogP contribution in [0.5, 0.6) is 0 Å². The van der Waals surface area contributed by atoms with Crippen molar-refractivity contribution in [2.24, 2.45) is 0 Å². The van der Waals surface area contributed by atoms with Gasteiger partial charge in [0.15, 0.2) is 5.01 Å². The van der Waals surface area contributed by atoms with E-state index in [1.54, 1.807) is 6.07 Å². The van der Waals surface area contributed by atoms with E-state index in [-0.39, 0.29) is 5.00 Å². The number of aromatic nitrogens is 2. The molecule has 0 radical (unpaired) electrons. The zero-order chi connectivity index (χ0) is 13.1. The maximum Gasteiger partial charge on any atom is 0.324 e. The van der Waals surface area contributed by atoms with Crippen molar-refractivity contribution >= 4 is 27.7 Å². The topological polar surface area (TPSA) is 81.0 Å². The number of nitrogens with one attached hydrogen (secondary N) is 1. The monoisotopic (exact) mass is 284 g/mol. The summed E-state index contributed by atoms with van der Waals surface area (Å²) in [5.41, 5.74) is 0. The molecular formula is C10H12N4O2S2. The van der Waals surface area contributed by atoms with Crippen LogP contribution in [-0.2, 0) is 6.54 Å². The molecule has 0 fully saturated rings. The highest BCUT2D eigenvalue weighted by molar-refractivity contribution is 7.23. The summed E-state index contributed by atoms with van der Waals surface area (Å²) in [7, 11) is 0. The van der Waals surface area contributed by atoms with E-state index >= 15 is 0 Å². The largest absolute Gasteiger partial charge is 0.324 e. The Kier molecular flexibility index (Phi) is 4.00. The molecule has 2 heterocycles. The molecule has 18 heavy (non-hydrogen) atoms. The summed E-state index contributed by atoms with van der Waals surface area (Å²) < 4.78 is 0. The number of rotatable bonds is 5. The molecule has 0 unspecified atom stereocenters. The van der Waals surface area contributed by atoms with Crippen molar-refractivity contribution in [3.05, 3.63) is 27.3 Å². The van der Waals surface area contributed by atoms with Crippen LogP contribution in [0.25, 0.3) is 9.88 Å². The Morgan fingerprint density at radius 2 is 2.17 bits per heavy atom. The maximum atomic E-state index is 10.6. The summed E-state index contributed by atoms with van der Waals surface area (Å²) in [4.78, 5) is 11.0. The average Bonchev–Trinajstić information content (AvgIpc) is 2.95. The number of nitro groups is 1. The van der Waals surface area contributed by atoms with Gasteiger partial charge >= 0.3 is 5.00 Å². The van der Waals surface area contributed by atoms with Crippen LogP contribution < -0.4 is 5.32 Å². The summed E-state index contributed by atoms with van der Waals surface area (Å²) >= 11 is 2.58. The predicted octanol–water partition coefficient (Wildman–Crippen LogP) is 2.67. The molecule has 2 aromatic rings. The Hall–Kier alpha value is -1.38. The van der Waals surface area contributed by atoms with Crippen molar-refractivity contribution < 1.29 is 4.92 Å². The Bertz CT molecular complexity index is 550. The van der Waals surface area contributed by atoms with Crippen LogP contribution in [0.2, 0.25) is 0 Å². The lowest BCUT2D eigenvalue weighted by molar-refractivity contribution is -0.380. The van der Waals surface area contributed by atoms with Crippen molar-refractivity contribution in [2.45, 2.75) is 26.4 Å². The standard InChI is InChI=1S/C10H12N4O2S2/c1-6(2)11-5-8-12-13-10(18-8)7-3-4-9(17-7)14(15)16/h3-4,6,11H,5H2,1-2H3. The lowest BCUT2D eigenvalue weighted by Gasteiger charge is -2.03. The van der Waals surface area contributed by atoms with Crippen molar-refractivity contribution in [3.8, 4) is 9.88 Å². The van der Waals surface area contributed by atoms with Crippen LogP contribution in [0.3, 0.4) is 0 Å². The van der Waals surface area contributed by atoms with Gasteiger partial charge in [-0.3, -0.25) is 10.1 Å². The molecule has 0 aliphatic rings. The van der Waals surface area contributed by atoms with Crippen LogP contribution in [0.15, 0.2) is 12.1 Å². The number of thiophene rings is 1. The predicted molar refractivity (Wildman–Crippen MR) is 71.9 cm³/mol. The molecular weight excluding hydrogens is 272 g/mol. The number of hydrogen-bond acceptors (Lipinski definition) is 7. The smallest absolute Gasteiger partial charge is 0.308 e. The van der Waals surface area contributed by atoms with Crippen molar-refractivity contribution in [1.82, 2.24) is 15.5 Å². The molecule has 0 saturated heterocycles. The quantitative estimate of drug-likeness (QED) is 0.674. The van der Waals surface area contributed by atoms with Crippen molar-refractivity contribution in [2.75, 3.05) is 0 Å². The van der Waals surface area contributed by atoms with E-state index in [2.05, 4.69) is 29.4 Å². The zero-order valence-electron chi connectivity index (χ0n) is 9.91. The van der Waals surface area contributed by atoms with Gasteiger partial charge < -0.3 is 5.32 Å². The van der Waals surface area contributed by atoms with Crippen molar-refractivity contribution in [1.29, 1.82) is 0 Å². The highest BCUT2D eigenvalue weighted by atomic mass is 32.1. The van der Waals surface area contributed by atoms with Crippen LogP contribution >= 0.6 is 22.7 Å². The van der Waals surface area contributed by atoms with E-state index in [0.29, 0.717) is 12.6 Å². The molecule has 0 spiro atoms. The summed E-state index contributed by atoms with van der Waals surface area (Å²) in [6, 6.07) is 3.59. The Labute approximate surface area is 112 Å². The molecule has 2 rings (SSSR count). The van der Waals surface area contributed by atoms with E-state index < -0.39 is 4.92 Å². The Morgan fingerprint density at radius 1 is 1.39 bits per heavy atom. The molecule has 0 atom stereocenters. The molecule has 0 aromatic carbocycles. The molecule has 6 nitrogen and oxygen atoms in total. The number of hydrogen-bond donors (Lipinski definition) is 1. The average molecular weight is 284 g/mol. The van der Waals surface area contributed by atoms with Gasteiger partial charge in [-0.1, -0.05) is 36.5 Å². The first-order valence-electron chi connectivity index (χ1n) is 5.36. The molecule has 8 heteroatoms. The Balaban J connectivity index is 2.11. The van der Waals surface area contributed by atoms with Crippen molar-refractivity contribution in [3.63, 3.8) is 0 Å². The highest BCUT2D eigenvalue weighted by Crippen LogP contribution is 2.34. The first-order chi connectivity index (χ1) is 8.56. The minimum Gasteiger partial charge on any atom is -0.308 e. The molecule has 96 valence electrons. The fourth-order valence-corrected chi connectivity index (χ4v) is 2.92. The van der Waals surface area contributed by atoms with Crippen LogP contribution in [0.4, 0.5) is 5.00 Å². The molecule has 0 aliphatic heterocycles. The van der Waals surface area contributed by atoms with Gasteiger partial charge in [0.1, 0.15) is 5.01 Å². The highest BCUT2D eigenvalue weighted by Gasteiger charge is 2.14. The van der Waals surface area contributed by atoms with Crippen LogP contribution in [0.1, 0.15) is 18.9 Å². The van der Waals surface area contributed by atoms with E-state index in [4.69, 9.17) is 0 Å². The first kappa shape index (κ1) is 13.1. The second-order valence-electron chi connectivity index (χ2n) is 3.93. The van der Waals surface area contributed by atoms with Gasteiger partial charge in [0.05, 0.1) is 9.80 Å². The third-order valence-electron chi connectivity index (χ3n) is 2.11. The lowest BCUT2D eigenvalue weighted by Crippen LogP contribution is -2.21. The molecule has 0 saturated carbocycles. The molecule has 0 bridgehead atoms. The van der Waals surface area contributed by atoms with E-state index in [0.717, 1.165) is 26.2 Å². The SMILES string of the molecule is CC(C)NCc1nnc(-c2ccc([N+](=O)[O-])s2)s1. The summed E-state index contributed by atoms with van der Waals surface area (Å²) in [5, 5.41) is 23.7. The molecule has 0 amide bonds. The third kappa shape index (κ3) is 3.09. The minimum absolute atomic E-state index is 0.127. The van der Waals surface area contributed by atoms with Gasteiger partial charge in [-0.05, 0) is 6.07 Å². The van der Waals surface area contributed by atoms with Gasteiger partial charge in [0, 0.05) is 18.7 Å². The van der Waals surface area contributed by atoms with Crippen LogP contribution in [-0.4, -0.2) is 21.2 Å². The minimum atomic E-state index is -0.392. The third-order valence-corrected chi connectivity index (χ3v) is 4.24. The Morgan fingerprint density at radius 3 is 2.78 bits per heavy atom. The number of nitrogens with zero attached hydrogens (tertiary/aromatic N) is 3. The van der Waals surface area contributed by atoms with Gasteiger partial charge in [-0.25, -0.2) is 0 Å². The first-order valence-corrected chi connectivity index (χ1v) is 7.00. The van der Waals surface area contributed by atoms with Gasteiger partial charge in [-0.15, -0.1) is 10.2 Å². The lowest BCUT2D eigenvalue weighted by atomic mass is 10.4.